The lowest BCUT2D eigenvalue weighted by Crippen LogP contribution is -2.86. The minimum absolute atomic E-state index is 0.0173. The number of hydrogen-bond donors (Lipinski definition) is 2. The topological polar surface area (TPSA) is 45.7 Å². The average molecular weight is 342 g/mol. The molecule has 1 atom stereocenters. The van der Waals surface area contributed by atoms with Gasteiger partial charge in [0.15, 0.2) is 6.54 Å². The summed E-state index contributed by atoms with van der Waals surface area (Å²) >= 11 is 11.5. The van der Waals surface area contributed by atoms with Crippen molar-refractivity contribution in [2.24, 2.45) is 0 Å². The van der Waals surface area contributed by atoms with Gasteiger partial charge in [0.2, 0.25) is 0 Å². The summed E-state index contributed by atoms with van der Waals surface area (Å²) in [5, 5.41) is 5.25. The maximum absolute atomic E-state index is 13.0. The molecule has 3 N–H and O–H groups in total. The van der Waals surface area contributed by atoms with Crippen LogP contribution in [0.3, 0.4) is 0 Å². The molecule has 22 heavy (non-hydrogen) atoms. The largest absolute Gasteiger partial charge is 0.333 e. The molecule has 0 unspecified atom stereocenters. The minimum atomic E-state index is -0.511. The molecule has 0 aliphatic rings. The lowest BCUT2D eigenvalue weighted by molar-refractivity contribution is -0.682. The van der Waals surface area contributed by atoms with Crippen molar-refractivity contribution in [1.29, 1.82) is 0 Å². The molecule has 0 aliphatic heterocycles. The summed E-state index contributed by atoms with van der Waals surface area (Å²) in [6, 6.07) is 11.7. The molecule has 0 fully saturated rings. The zero-order valence-electron chi connectivity index (χ0n) is 11.9. The Morgan fingerprint density at radius 2 is 1.91 bits per heavy atom. The Bertz CT molecular complexity index is 662. The number of carbonyl (C=O) groups is 1. The highest BCUT2D eigenvalue weighted by Gasteiger charge is 2.12. The number of hydrogen-bond acceptors (Lipinski definition) is 1. The van der Waals surface area contributed by atoms with Crippen LogP contribution in [-0.2, 0) is 4.79 Å². The summed E-state index contributed by atoms with van der Waals surface area (Å²) in [7, 11) is 0. The molecule has 116 valence electrons. The summed E-state index contributed by atoms with van der Waals surface area (Å²) in [5.41, 5.74) is 1.56. The smallest absolute Gasteiger partial charge is 0.279 e. The number of carbonyl (C=O) groups excluding carboxylic acids is 1. The molecule has 0 bridgehead atoms. The van der Waals surface area contributed by atoms with E-state index in [9.17, 15) is 9.18 Å². The highest BCUT2D eigenvalue weighted by atomic mass is 35.5. The van der Waals surface area contributed by atoms with Crippen molar-refractivity contribution in [3.8, 4) is 0 Å². The summed E-state index contributed by atoms with van der Waals surface area (Å²) in [6.07, 6.45) is 0. The van der Waals surface area contributed by atoms with Crippen LogP contribution in [0.4, 0.5) is 10.1 Å². The molecule has 1 amide bonds. The van der Waals surface area contributed by atoms with E-state index in [0.717, 1.165) is 5.56 Å². The third-order valence-electron chi connectivity index (χ3n) is 3.26. The molecule has 6 heteroatoms. The third kappa shape index (κ3) is 4.70. The molecule has 0 heterocycles. The van der Waals surface area contributed by atoms with Crippen LogP contribution in [0.2, 0.25) is 10.0 Å². The van der Waals surface area contributed by atoms with Crippen molar-refractivity contribution in [2.75, 3.05) is 11.9 Å². The second-order valence-corrected chi connectivity index (χ2v) is 5.80. The van der Waals surface area contributed by atoms with Crippen molar-refractivity contribution in [3.63, 3.8) is 0 Å². The van der Waals surface area contributed by atoms with E-state index in [1.54, 1.807) is 0 Å². The second-order valence-electron chi connectivity index (χ2n) is 4.96. The van der Waals surface area contributed by atoms with E-state index in [1.165, 1.54) is 18.2 Å². The maximum Gasteiger partial charge on any atom is 0.279 e. The van der Waals surface area contributed by atoms with Crippen molar-refractivity contribution in [2.45, 2.75) is 13.0 Å². The van der Waals surface area contributed by atoms with Crippen molar-refractivity contribution >= 4 is 34.8 Å². The van der Waals surface area contributed by atoms with Crippen LogP contribution in [0, 0.1) is 5.82 Å². The fourth-order valence-corrected chi connectivity index (χ4v) is 2.28. The van der Waals surface area contributed by atoms with Crippen LogP contribution in [0.1, 0.15) is 18.5 Å². The Morgan fingerprint density at radius 1 is 1.23 bits per heavy atom. The first-order chi connectivity index (χ1) is 10.5. The number of anilines is 1. The van der Waals surface area contributed by atoms with E-state index in [1.807, 2.05) is 36.5 Å². The molecule has 0 spiro atoms. The van der Waals surface area contributed by atoms with Gasteiger partial charge in [0.1, 0.15) is 11.9 Å². The van der Waals surface area contributed by atoms with E-state index in [0.29, 0.717) is 10.7 Å². The lowest BCUT2D eigenvalue weighted by Gasteiger charge is -2.11. The van der Waals surface area contributed by atoms with E-state index in [2.05, 4.69) is 5.32 Å². The van der Waals surface area contributed by atoms with Crippen LogP contribution in [-0.4, -0.2) is 12.5 Å². The van der Waals surface area contributed by atoms with Crippen LogP contribution < -0.4 is 10.6 Å². The molecule has 2 aromatic carbocycles. The fourth-order valence-electron chi connectivity index (χ4n) is 1.97. The van der Waals surface area contributed by atoms with Gasteiger partial charge >= 0.3 is 0 Å². The predicted molar refractivity (Wildman–Crippen MR) is 86.7 cm³/mol. The van der Waals surface area contributed by atoms with E-state index in [4.69, 9.17) is 23.2 Å². The zero-order valence-corrected chi connectivity index (χ0v) is 13.5. The van der Waals surface area contributed by atoms with E-state index < -0.39 is 5.82 Å². The third-order valence-corrected chi connectivity index (χ3v) is 3.80. The molecule has 2 rings (SSSR count). The first-order valence-corrected chi connectivity index (χ1v) is 7.55. The Labute approximate surface area is 138 Å². The summed E-state index contributed by atoms with van der Waals surface area (Å²) in [6.45, 7) is 2.25. The Kier molecular flexibility index (Phi) is 5.77. The van der Waals surface area contributed by atoms with Crippen molar-refractivity contribution in [3.05, 3.63) is 63.9 Å². The maximum atomic E-state index is 13.0. The molecule has 3 nitrogen and oxygen atoms in total. The van der Waals surface area contributed by atoms with Gasteiger partial charge in [-0.2, -0.15) is 0 Å². The van der Waals surface area contributed by atoms with E-state index in [-0.39, 0.29) is 23.5 Å². The van der Waals surface area contributed by atoms with Gasteiger partial charge in [-0.25, -0.2) is 4.39 Å². The number of benzene rings is 2. The number of quaternary nitrogens is 1. The molecule has 0 aromatic heterocycles. The number of nitrogens with two attached hydrogens (primary N) is 1. The number of nitrogens with one attached hydrogen (secondary N) is 1. The SMILES string of the molecule is C[C@H]([NH2+]CC(=O)Nc1ccc(F)c(Cl)c1)c1ccc(Cl)cc1. The molecule has 0 aliphatic carbocycles. The molecule has 2 aromatic rings. The normalized spacial score (nSPS) is 12.0. The summed E-state index contributed by atoms with van der Waals surface area (Å²) in [5.74, 6) is -0.689. The summed E-state index contributed by atoms with van der Waals surface area (Å²) < 4.78 is 13.0. The van der Waals surface area contributed by atoms with Crippen molar-refractivity contribution < 1.29 is 14.5 Å². The monoisotopic (exact) mass is 341 g/mol. The van der Waals surface area contributed by atoms with Gasteiger partial charge in [-0.3, -0.25) is 4.79 Å². The lowest BCUT2D eigenvalue weighted by atomic mass is 10.1. The van der Waals surface area contributed by atoms with Gasteiger partial charge < -0.3 is 10.6 Å². The first kappa shape index (κ1) is 16.7. The van der Waals surface area contributed by atoms with Gasteiger partial charge in [-0.1, -0.05) is 35.3 Å². The number of rotatable bonds is 5. The highest BCUT2D eigenvalue weighted by molar-refractivity contribution is 6.31. The quantitative estimate of drug-likeness (QED) is 0.860. The Balaban J connectivity index is 1.86. The number of halogens is 3. The standard InChI is InChI=1S/C16H15Cl2FN2O/c1-10(11-2-4-12(17)5-3-11)20-9-16(22)21-13-6-7-15(19)14(18)8-13/h2-8,10,20H,9H2,1H3,(H,21,22)/p+1/t10-/m0/s1. The molecular weight excluding hydrogens is 326 g/mol. The minimum Gasteiger partial charge on any atom is -0.333 e. The summed E-state index contributed by atoms with van der Waals surface area (Å²) in [4.78, 5) is 11.9. The zero-order chi connectivity index (χ0) is 16.1. The fraction of sp³-hybridized carbons (Fsp3) is 0.188. The predicted octanol–water partition coefficient (Wildman–Crippen LogP) is 3.40. The van der Waals surface area contributed by atoms with Crippen LogP contribution >= 0.6 is 23.2 Å². The van der Waals surface area contributed by atoms with Gasteiger partial charge in [-0.05, 0) is 37.3 Å². The first-order valence-electron chi connectivity index (χ1n) is 6.79. The van der Waals surface area contributed by atoms with Crippen molar-refractivity contribution in [1.82, 2.24) is 0 Å². The Hall–Kier alpha value is -1.62. The average Bonchev–Trinajstić information content (AvgIpc) is 2.49. The molecular formula is C16H16Cl2FN2O+. The van der Waals surface area contributed by atoms with Gasteiger partial charge in [0.25, 0.3) is 5.91 Å². The molecule has 0 radical (unpaired) electrons. The van der Waals surface area contributed by atoms with Crippen LogP contribution in [0.25, 0.3) is 0 Å². The van der Waals surface area contributed by atoms with Gasteiger partial charge in [0, 0.05) is 16.3 Å². The van der Waals surface area contributed by atoms with E-state index >= 15 is 0 Å². The van der Waals surface area contributed by atoms with Gasteiger partial charge in [-0.15, -0.1) is 0 Å². The van der Waals surface area contributed by atoms with Crippen LogP contribution in [0.5, 0.6) is 0 Å². The van der Waals surface area contributed by atoms with Crippen LogP contribution in [0.15, 0.2) is 42.5 Å². The number of amides is 1. The molecule has 0 saturated carbocycles. The Morgan fingerprint density at radius 3 is 2.55 bits per heavy atom. The highest BCUT2D eigenvalue weighted by Crippen LogP contribution is 2.19. The second kappa shape index (κ2) is 7.58. The molecule has 0 saturated heterocycles. The van der Waals surface area contributed by atoms with Gasteiger partial charge in [0.05, 0.1) is 5.02 Å².